The summed E-state index contributed by atoms with van der Waals surface area (Å²) in [5.41, 5.74) is 0.773. The molecule has 0 spiro atoms. The second-order valence-corrected chi connectivity index (χ2v) is 3.72. The Balaban J connectivity index is 3.94. The molecule has 0 aliphatic rings. The van der Waals surface area contributed by atoms with Crippen LogP contribution in [0.5, 0.6) is 0 Å². The number of hydrogen-bond donors (Lipinski definition) is 0. The first-order valence-corrected chi connectivity index (χ1v) is 4.17. The van der Waals surface area contributed by atoms with Crippen molar-refractivity contribution in [1.82, 2.24) is 0 Å². The third kappa shape index (κ3) is 3.97. The highest BCUT2D eigenvalue weighted by Gasteiger charge is 2.11. The van der Waals surface area contributed by atoms with Crippen molar-refractivity contribution in [1.29, 1.82) is 0 Å². The summed E-state index contributed by atoms with van der Waals surface area (Å²) in [5.74, 6) is 0.838. The molecule has 0 N–H and O–H groups in total. The number of carbonyl (C=O) groups is 1. The first-order valence-electron chi connectivity index (χ1n) is 4.17. The molecule has 64 valence electrons. The van der Waals surface area contributed by atoms with Gasteiger partial charge in [-0.1, -0.05) is 34.3 Å². The van der Waals surface area contributed by atoms with E-state index in [1.165, 1.54) is 0 Å². The van der Waals surface area contributed by atoms with Crippen LogP contribution in [0.1, 0.15) is 34.1 Å². The molecule has 0 aromatic rings. The van der Waals surface area contributed by atoms with Crippen LogP contribution in [-0.4, -0.2) is 5.78 Å². The van der Waals surface area contributed by atoms with Crippen LogP contribution >= 0.6 is 0 Å². The van der Waals surface area contributed by atoms with Gasteiger partial charge in [-0.3, -0.25) is 4.79 Å². The molecule has 1 heteroatoms. The van der Waals surface area contributed by atoms with Crippen LogP contribution < -0.4 is 0 Å². The highest BCUT2D eigenvalue weighted by Crippen LogP contribution is 2.13. The molecular weight excluding hydrogens is 136 g/mol. The zero-order chi connectivity index (χ0) is 9.02. The van der Waals surface area contributed by atoms with Gasteiger partial charge in [0.2, 0.25) is 0 Å². The molecular formula is C10H18O. The van der Waals surface area contributed by atoms with E-state index in [1.807, 2.05) is 13.8 Å². The maximum atomic E-state index is 11.3. The summed E-state index contributed by atoms with van der Waals surface area (Å²) in [6, 6.07) is 0. The fourth-order valence-corrected chi connectivity index (χ4v) is 1.00. The summed E-state index contributed by atoms with van der Waals surface area (Å²) in [6.07, 6.45) is 0.830. The molecule has 0 fully saturated rings. The maximum absolute atomic E-state index is 11.3. The van der Waals surface area contributed by atoms with Crippen LogP contribution in [0.2, 0.25) is 0 Å². The molecule has 0 rings (SSSR count). The van der Waals surface area contributed by atoms with Crippen molar-refractivity contribution < 1.29 is 4.79 Å². The quantitative estimate of drug-likeness (QED) is 0.569. The van der Waals surface area contributed by atoms with Crippen molar-refractivity contribution in [2.45, 2.75) is 34.1 Å². The number of allylic oxidation sites excluding steroid dienone is 1. The fourth-order valence-electron chi connectivity index (χ4n) is 1.00. The van der Waals surface area contributed by atoms with E-state index in [9.17, 15) is 4.79 Å². The van der Waals surface area contributed by atoms with E-state index in [0.717, 1.165) is 12.0 Å². The van der Waals surface area contributed by atoms with Crippen LogP contribution in [-0.2, 0) is 4.79 Å². The van der Waals surface area contributed by atoms with Crippen molar-refractivity contribution in [2.75, 3.05) is 0 Å². The molecule has 0 aromatic heterocycles. The molecule has 0 aromatic carbocycles. The minimum atomic E-state index is 0.0984. The molecule has 0 bridgehead atoms. The van der Waals surface area contributed by atoms with Gasteiger partial charge >= 0.3 is 0 Å². The molecule has 0 aliphatic heterocycles. The highest BCUT2D eigenvalue weighted by atomic mass is 16.1. The summed E-state index contributed by atoms with van der Waals surface area (Å²) in [7, 11) is 0. The molecule has 1 nitrogen and oxygen atoms in total. The van der Waals surface area contributed by atoms with Gasteiger partial charge in [0.25, 0.3) is 0 Å². The molecule has 0 saturated heterocycles. The minimum Gasteiger partial charge on any atom is -0.294 e. The molecule has 0 heterocycles. The average molecular weight is 154 g/mol. The topological polar surface area (TPSA) is 17.1 Å². The van der Waals surface area contributed by atoms with Crippen molar-refractivity contribution in [3.05, 3.63) is 12.2 Å². The molecule has 0 unspecified atom stereocenters. The monoisotopic (exact) mass is 154 g/mol. The SMILES string of the molecule is C=C(CC(C)C)C(=O)C(C)C. The maximum Gasteiger partial charge on any atom is 0.160 e. The number of carbonyl (C=O) groups excluding carboxylic acids is 1. The van der Waals surface area contributed by atoms with Crippen molar-refractivity contribution in [3.63, 3.8) is 0 Å². The molecule has 11 heavy (non-hydrogen) atoms. The molecule has 0 radical (unpaired) electrons. The second-order valence-electron chi connectivity index (χ2n) is 3.72. The Morgan fingerprint density at radius 1 is 1.27 bits per heavy atom. The average Bonchev–Trinajstić information content (AvgIpc) is 1.84. The summed E-state index contributed by atoms with van der Waals surface area (Å²) in [4.78, 5) is 11.3. The van der Waals surface area contributed by atoms with Gasteiger partial charge in [-0.15, -0.1) is 0 Å². The lowest BCUT2D eigenvalue weighted by Gasteiger charge is -2.09. The third-order valence-electron chi connectivity index (χ3n) is 1.53. The molecule has 0 saturated carbocycles. The Hall–Kier alpha value is -0.590. The van der Waals surface area contributed by atoms with Gasteiger partial charge < -0.3 is 0 Å². The van der Waals surface area contributed by atoms with Crippen LogP contribution in [0.25, 0.3) is 0 Å². The van der Waals surface area contributed by atoms with Gasteiger partial charge in [-0.05, 0) is 17.9 Å². The van der Waals surface area contributed by atoms with E-state index in [2.05, 4.69) is 20.4 Å². The number of rotatable bonds is 4. The normalized spacial score (nSPS) is 10.7. The van der Waals surface area contributed by atoms with E-state index in [1.54, 1.807) is 0 Å². The van der Waals surface area contributed by atoms with E-state index in [-0.39, 0.29) is 11.7 Å². The third-order valence-corrected chi connectivity index (χ3v) is 1.53. The summed E-state index contributed by atoms with van der Waals surface area (Å²) in [5, 5.41) is 0. The van der Waals surface area contributed by atoms with Gasteiger partial charge in [0.15, 0.2) is 5.78 Å². The Labute approximate surface area is 69.5 Å². The van der Waals surface area contributed by atoms with E-state index in [0.29, 0.717) is 5.92 Å². The van der Waals surface area contributed by atoms with Crippen LogP contribution in [0, 0.1) is 11.8 Å². The predicted octanol–water partition coefficient (Wildman–Crippen LogP) is 2.81. The Kier molecular flexibility index (Phi) is 4.09. The number of ketones is 1. The van der Waals surface area contributed by atoms with Crippen molar-refractivity contribution >= 4 is 5.78 Å². The van der Waals surface area contributed by atoms with Gasteiger partial charge in [0.05, 0.1) is 0 Å². The Bertz CT molecular complexity index is 154. The summed E-state index contributed by atoms with van der Waals surface area (Å²) >= 11 is 0. The van der Waals surface area contributed by atoms with Gasteiger partial charge in [0, 0.05) is 5.92 Å². The largest absolute Gasteiger partial charge is 0.294 e. The first kappa shape index (κ1) is 10.4. The van der Waals surface area contributed by atoms with Crippen molar-refractivity contribution in [2.24, 2.45) is 11.8 Å². The standard InChI is InChI=1S/C10H18O/c1-7(2)6-9(5)10(11)8(3)4/h7-8H,5-6H2,1-4H3. The zero-order valence-corrected chi connectivity index (χ0v) is 7.98. The minimum absolute atomic E-state index is 0.0984. The highest BCUT2D eigenvalue weighted by molar-refractivity contribution is 5.96. The van der Waals surface area contributed by atoms with Gasteiger partial charge in [-0.2, -0.15) is 0 Å². The molecule has 0 amide bonds. The smallest absolute Gasteiger partial charge is 0.160 e. The van der Waals surface area contributed by atoms with E-state index in [4.69, 9.17) is 0 Å². The fraction of sp³-hybridized carbons (Fsp3) is 0.700. The molecule has 0 atom stereocenters. The van der Waals surface area contributed by atoms with Crippen LogP contribution in [0.15, 0.2) is 12.2 Å². The number of hydrogen-bond acceptors (Lipinski definition) is 1. The summed E-state index contributed by atoms with van der Waals surface area (Å²) < 4.78 is 0. The second kappa shape index (κ2) is 4.32. The lowest BCUT2D eigenvalue weighted by molar-refractivity contribution is -0.118. The van der Waals surface area contributed by atoms with Gasteiger partial charge in [-0.25, -0.2) is 0 Å². The first-order chi connectivity index (χ1) is 4.95. The zero-order valence-electron chi connectivity index (χ0n) is 7.98. The summed E-state index contributed by atoms with van der Waals surface area (Å²) in [6.45, 7) is 11.8. The number of Topliss-reactive ketones (excluding diaryl/α,β-unsaturated/α-hetero) is 1. The Morgan fingerprint density at radius 2 is 1.73 bits per heavy atom. The molecule has 0 aliphatic carbocycles. The van der Waals surface area contributed by atoms with E-state index < -0.39 is 0 Å². The lowest BCUT2D eigenvalue weighted by atomic mass is 9.95. The van der Waals surface area contributed by atoms with Gasteiger partial charge in [0.1, 0.15) is 0 Å². The Morgan fingerprint density at radius 3 is 2.00 bits per heavy atom. The van der Waals surface area contributed by atoms with Crippen LogP contribution in [0.4, 0.5) is 0 Å². The van der Waals surface area contributed by atoms with E-state index >= 15 is 0 Å². The van der Waals surface area contributed by atoms with Crippen molar-refractivity contribution in [3.8, 4) is 0 Å². The van der Waals surface area contributed by atoms with Crippen LogP contribution in [0.3, 0.4) is 0 Å². The predicted molar refractivity (Wildman–Crippen MR) is 48.4 cm³/mol. The lowest BCUT2D eigenvalue weighted by Crippen LogP contribution is -2.10.